The number of nitrogens with zero attached hydrogens (tertiary/aromatic N) is 1. The lowest BCUT2D eigenvalue weighted by Gasteiger charge is -2.52. The van der Waals surface area contributed by atoms with Crippen LogP contribution in [0.2, 0.25) is 0 Å². The topological polar surface area (TPSA) is 396 Å². The molecule has 2 aliphatic carbocycles. The van der Waals surface area contributed by atoms with Gasteiger partial charge in [-0.3, -0.25) is 4.55 Å². The number of fused-ring (bicyclic) bond motifs is 1. The van der Waals surface area contributed by atoms with Crippen molar-refractivity contribution in [3.63, 3.8) is 0 Å². The van der Waals surface area contributed by atoms with Crippen LogP contribution in [-0.2, 0) is 33.8 Å². The van der Waals surface area contributed by atoms with E-state index in [9.17, 15) is 53.8 Å². The lowest BCUT2D eigenvalue weighted by atomic mass is 9.77. The highest BCUT2D eigenvalue weighted by atomic mass is 32.2. The van der Waals surface area contributed by atoms with Crippen LogP contribution >= 0.6 is 0 Å². The molecule has 2 heterocycles. The molecule has 2 saturated carbocycles. The molecule has 0 bridgehead atoms. The van der Waals surface area contributed by atoms with Gasteiger partial charge in [-0.2, -0.15) is 8.42 Å². The normalized spacial score (nSPS) is 43.8. The van der Waals surface area contributed by atoms with Crippen LogP contribution in [0.25, 0.3) is 10.8 Å². The van der Waals surface area contributed by atoms with Crippen LogP contribution < -0.4 is 33.6 Å². The number of benzene rings is 2. The van der Waals surface area contributed by atoms with E-state index in [2.05, 4.69) is 0 Å². The van der Waals surface area contributed by atoms with Crippen molar-refractivity contribution >= 4 is 26.6 Å². The molecule has 23 heteroatoms. The minimum absolute atomic E-state index is 0.0622. The van der Waals surface area contributed by atoms with E-state index in [1.165, 1.54) is 18.2 Å². The van der Waals surface area contributed by atoms with Crippen molar-refractivity contribution < 1.29 is 77.5 Å². The summed E-state index contributed by atoms with van der Waals surface area (Å²) in [6.45, 7) is -1.47. The summed E-state index contributed by atoms with van der Waals surface area (Å²) in [6.07, 6.45) is -20.3. The highest BCUT2D eigenvalue weighted by Gasteiger charge is 2.57. The first-order valence-electron chi connectivity index (χ1n) is 18.9. The lowest BCUT2D eigenvalue weighted by molar-refractivity contribution is -0.281. The van der Waals surface area contributed by atoms with Gasteiger partial charge in [-0.15, -0.1) is 0 Å². The van der Waals surface area contributed by atoms with Crippen LogP contribution in [0.3, 0.4) is 0 Å². The number of ether oxygens (including phenoxy) is 5. The predicted molar refractivity (Wildman–Crippen MR) is 201 cm³/mol. The lowest BCUT2D eigenvalue weighted by Crippen LogP contribution is -2.75. The predicted octanol–water partition coefficient (Wildman–Crippen LogP) is -6.68. The standard InChI is InChI=1S/C35H56N6O16S/c1-41(15-6-2-5-14-13(15)4-3-7-19(14)58(50,51)52)24-21(38)29(48)33(32(22(24)39)53-16-8-12(10-42)25(44)27(46)20(16)37)57-35-30(49)31(18(11-43)55-35)56-34-23(40)28(47)26(45)17(9-36)54-34/h2-7,12,16-18,20-35,42-49H,8-11,36-40H2,1H3,(H,50,51,52)/t12-,16+,17+,18-,20+,21-,22+,23-,24?,25-,26-,27-,28-,29+,30-,31-,32-,33-,34-,35+/m1/s1. The van der Waals surface area contributed by atoms with Crippen molar-refractivity contribution in [1.29, 1.82) is 0 Å². The average molecular weight is 849 g/mol. The number of hydrogen-bond donors (Lipinski definition) is 14. The highest BCUT2D eigenvalue weighted by Crippen LogP contribution is 2.39. The number of aliphatic hydroxyl groups is 8. The fraction of sp³-hybridized carbons (Fsp3) is 0.714. The number of aliphatic hydroxyl groups excluding tert-OH is 8. The Morgan fingerprint density at radius 2 is 1.31 bits per heavy atom. The Hall–Kier alpha value is -2.31. The molecule has 0 spiro atoms. The largest absolute Gasteiger partial charge is 0.396 e. The molecule has 4 fully saturated rings. The Morgan fingerprint density at radius 1 is 0.690 bits per heavy atom. The third-order valence-electron chi connectivity index (χ3n) is 12.0. The number of likely N-dealkylation sites (N-methyl/N-ethyl adjacent to an activating group) is 1. The van der Waals surface area contributed by atoms with E-state index < -0.39 is 145 Å². The first-order valence-corrected chi connectivity index (χ1v) is 20.3. The van der Waals surface area contributed by atoms with Gasteiger partial charge < -0.3 is 98.1 Å². The Kier molecular flexibility index (Phi) is 14.0. The molecule has 0 amide bonds. The maximum Gasteiger partial charge on any atom is 0.295 e. The summed E-state index contributed by atoms with van der Waals surface area (Å²) < 4.78 is 64.5. The van der Waals surface area contributed by atoms with Crippen molar-refractivity contribution in [3.05, 3.63) is 36.4 Å². The van der Waals surface area contributed by atoms with Gasteiger partial charge in [0.15, 0.2) is 12.6 Å². The maximum atomic E-state index is 12.2. The van der Waals surface area contributed by atoms with Gasteiger partial charge in [-0.25, -0.2) is 0 Å². The molecule has 328 valence electrons. The average Bonchev–Trinajstić information content (AvgIpc) is 3.49. The number of nitrogens with two attached hydrogens (primary N) is 5. The van der Waals surface area contributed by atoms with Crippen LogP contribution in [0.4, 0.5) is 5.69 Å². The molecule has 1 unspecified atom stereocenters. The Balaban J connectivity index is 1.32. The molecule has 19 N–H and O–H groups in total. The van der Waals surface area contributed by atoms with Crippen molar-refractivity contribution in [2.24, 2.45) is 34.6 Å². The fourth-order valence-corrected chi connectivity index (χ4v) is 9.36. The summed E-state index contributed by atoms with van der Waals surface area (Å²) in [4.78, 5) is 1.26. The fourth-order valence-electron chi connectivity index (χ4n) is 8.65. The third-order valence-corrected chi connectivity index (χ3v) is 12.9. The maximum absolute atomic E-state index is 12.2. The summed E-state index contributed by atoms with van der Waals surface area (Å²) in [7, 11) is -3.04. The zero-order chi connectivity index (χ0) is 42.5. The molecule has 58 heavy (non-hydrogen) atoms. The molecule has 0 aromatic heterocycles. The van der Waals surface area contributed by atoms with Gasteiger partial charge in [0.05, 0.1) is 55.1 Å². The zero-order valence-corrected chi connectivity index (χ0v) is 32.3. The Labute approximate surface area is 333 Å². The monoisotopic (exact) mass is 848 g/mol. The Bertz CT molecular complexity index is 1820. The van der Waals surface area contributed by atoms with E-state index in [1.54, 1.807) is 30.1 Å². The smallest absolute Gasteiger partial charge is 0.295 e. The molecule has 2 aliphatic heterocycles. The molecular weight excluding hydrogens is 792 g/mol. The van der Waals surface area contributed by atoms with Crippen molar-refractivity contribution in [2.45, 2.75) is 127 Å². The zero-order valence-electron chi connectivity index (χ0n) is 31.5. The minimum atomic E-state index is -4.63. The molecule has 22 nitrogen and oxygen atoms in total. The molecule has 0 radical (unpaired) electrons. The van der Waals surface area contributed by atoms with Crippen LogP contribution in [0, 0.1) is 5.92 Å². The van der Waals surface area contributed by atoms with Gasteiger partial charge in [0.1, 0.15) is 59.8 Å². The van der Waals surface area contributed by atoms with Gasteiger partial charge in [0.2, 0.25) is 0 Å². The summed E-state index contributed by atoms with van der Waals surface area (Å²) in [5, 5.41) is 86.4. The number of anilines is 1. The second kappa shape index (κ2) is 18.0. The summed E-state index contributed by atoms with van der Waals surface area (Å²) >= 11 is 0. The van der Waals surface area contributed by atoms with Gasteiger partial charge in [-0.05, 0) is 18.6 Å². The van der Waals surface area contributed by atoms with E-state index in [0.717, 1.165) is 0 Å². The molecule has 2 aromatic rings. The summed E-state index contributed by atoms with van der Waals surface area (Å²) in [6, 6.07) is 2.96. The van der Waals surface area contributed by atoms with Crippen LogP contribution in [0.5, 0.6) is 0 Å². The number of rotatable bonds is 12. The summed E-state index contributed by atoms with van der Waals surface area (Å²) in [5.41, 5.74) is 32.2. The van der Waals surface area contributed by atoms with Crippen molar-refractivity contribution in [3.8, 4) is 0 Å². The molecular formula is C35H56N6O16S. The van der Waals surface area contributed by atoms with E-state index in [4.69, 9.17) is 52.4 Å². The van der Waals surface area contributed by atoms with Crippen LogP contribution in [-0.4, -0.2) is 197 Å². The minimum Gasteiger partial charge on any atom is -0.396 e. The van der Waals surface area contributed by atoms with Gasteiger partial charge >= 0.3 is 0 Å². The van der Waals surface area contributed by atoms with E-state index in [0.29, 0.717) is 11.1 Å². The third kappa shape index (κ3) is 8.34. The van der Waals surface area contributed by atoms with E-state index in [1.807, 2.05) is 0 Å². The molecule has 2 aromatic carbocycles. The molecule has 6 rings (SSSR count). The quantitative estimate of drug-likeness (QED) is 0.0883. The molecule has 4 aliphatic rings. The van der Waals surface area contributed by atoms with Crippen molar-refractivity contribution in [1.82, 2.24) is 0 Å². The first kappa shape index (κ1) is 45.2. The van der Waals surface area contributed by atoms with Gasteiger partial charge in [0.25, 0.3) is 10.1 Å². The van der Waals surface area contributed by atoms with E-state index >= 15 is 0 Å². The molecule has 20 atom stereocenters. The second-order valence-electron chi connectivity index (χ2n) is 15.5. The highest BCUT2D eigenvalue weighted by molar-refractivity contribution is 7.86. The van der Waals surface area contributed by atoms with Crippen molar-refractivity contribution in [2.75, 3.05) is 31.7 Å². The summed E-state index contributed by atoms with van der Waals surface area (Å²) in [5.74, 6) is -0.868. The van der Waals surface area contributed by atoms with Gasteiger partial charge in [-0.1, -0.05) is 24.3 Å². The number of hydrogen-bond acceptors (Lipinski definition) is 21. The van der Waals surface area contributed by atoms with Crippen LogP contribution in [0.15, 0.2) is 41.3 Å². The Morgan fingerprint density at radius 3 is 1.95 bits per heavy atom. The second-order valence-corrected chi connectivity index (χ2v) is 16.9. The van der Waals surface area contributed by atoms with Crippen LogP contribution in [0.1, 0.15) is 6.42 Å². The van der Waals surface area contributed by atoms with E-state index in [-0.39, 0.29) is 23.2 Å². The first-order chi connectivity index (χ1) is 27.4. The molecule has 2 saturated heterocycles. The SMILES string of the molecule is CN(c1cccc2c(S(=O)(=O)O)cccc12)C1[C@@H](N)[C@H](O)[C@@H](O[C@@H]2O[C@H](CO)[C@@H](O[C@H]3O[C@@H](CN)[C@@H](O)[C@H](O)[C@H]3N)[C@H]2O)[C@H](O[C@H]2C[C@H](CO)[C@@H](O)[C@H](O)[C@H]2N)[C@H]1N. The van der Waals surface area contributed by atoms with Gasteiger partial charge in [0, 0.05) is 42.6 Å².